The first-order valence-corrected chi connectivity index (χ1v) is 36.4. The van der Waals surface area contributed by atoms with Crippen molar-refractivity contribution in [2.75, 3.05) is 20.3 Å². The van der Waals surface area contributed by atoms with E-state index in [4.69, 9.17) is 46.6 Å². The molecule has 25 heteroatoms. The molecule has 4 heterocycles. The molecule has 4 aromatic carbocycles. The zero-order valence-corrected chi connectivity index (χ0v) is 53.2. The number of nitrogens with zero attached hydrogens (tertiary/aromatic N) is 4. The van der Waals surface area contributed by atoms with E-state index in [1.807, 2.05) is 25.1 Å². The van der Waals surface area contributed by atoms with E-state index in [2.05, 4.69) is 31.4 Å². The van der Waals surface area contributed by atoms with Crippen molar-refractivity contribution in [2.24, 2.45) is 46.4 Å². The number of unbranched alkanes of at least 4 members (excludes halogenated alkanes) is 11. The van der Waals surface area contributed by atoms with E-state index in [0.29, 0.717) is 86.6 Å². The van der Waals surface area contributed by atoms with E-state index >= 15 is 0 Å². The average molecular weight is 1280 g/mol. The summed E-state index contributed by atoms with van der Waals surface area (Å²) in [6, 6.07) is 21.4. The van der Waals surface area contributed by atoms with Crippen molar-refractivity contribution in [1.82, 2.24) is 0 Å². The zero-order valence-electron chi connectivity index (χ0n) is 50.0. The Morgan fingerprint density at radius 2 is 0.770 bits per heavy atom. The first-order chi connectivity index (χ1) is 41.0. The van der Waals surface area contributed by atoms with E-state index in [9.17, 15) is 33.7 Å². The number of ether oxygens (including phenoxy) is 5. The van der Waals surface area contributed by atoms with Crippen LogP contribution in [0.2, 0.25) is 0 Å². The van der Waals surface area contributed by atoms with Crippen molar-refractivity contribution in [3.8, 4) is 23.0 Å². The summed E-state index contributed by atoms with van der Waals surface area (Å²) in [5.41, 5.74) is 28.3. The minimum Gasteiger partial charge on any atom is -0.493 e. The Balaban J connectivity index is 0.000000185. The molecule has 6 aliphatic rings. The van der Waals surface area contributed by atoms with Gasteiger partial charge in [-0.1, -0.05) is 147 Å². The molecular formula is C62H90N8O13S4. The van der Waals surface area contributed by atoms with Gasteiger partial charge in [-0.25, -0.2) is 33.7 Å². The molecule has 480 valence electrons. The van der Waals surface area contributed by atoms with Gasteiger partial charge in [-0.3, -0.25) is 0 Å². The van der Waals surface area contributed by atoms with Gasteiger partial charge in [0, 0.05) is 7.11 Å². The van der Waals surface area contributed by atoms with Crippen LogP contribution < -0.4 is 41.9 Å². The van der Waals surface area contributed by atoms with Gasteiger partial charge < -0.3 is 46.6 Å². The molecule has 0 amide bonds. The highest BCUT2D eigenvalue weighted by Gasteiger charge is 2.33. The van der Waals surface area contributed by atoms with Crippen LogP contribution in [0.1, 0.15) is 195 Å². The van der Waals surface area contributed by atoms with Gasteiger partial charge in [0.1, 0.15) is 52.4 Å². The third-order valence-corrected chi connectivity index (χ3v) is 20.0. The van der Waals surface area contributed by atoms with Crippen molar-refractivity contribution >= 4 is 63.4 Å². The Hall–Kier alpha value is -6.28. The molecule has 2 fully saturated rings. The molecule has 10 rings (SSSR count). The highest BCUT2D eigenvalue weighted by molar-refractivity contribution is 7.90. The number of methoxy groups -OCH3 is 1. The molecule has 87 heavy (non-hydrogen) atoms. The summed E-state index contributed by atoms with van der Waals surface area (Å²) >= 11 is 0. The van der Waals surface area contributed by atoms with Crippen LogP contribution in [-0.4, -0.2) is 95.6 Å². The Morgan fingerprint density at radius 1 is 0.448 bits per heavy atom. The second-order valence-electron chi connectivity index (χ2n) is 22.4. The smallest absolute Gasteiger partial charge is 0.259 e. The minimum absolute atomic E-state index is 0. The lowest BCUT2D eigenvalue weighted by Gasteiger charge is -2.31. The predicted octanol–water partition coefficient (Wildman–Crippen LogP) is 9.96. The highest BCUT2D eigenvalue weighted by Crippen LogP contribution is 2.38. The minimum atomic E-state index is -3.53. The van der Waals surface area contributed by atoms with Crippen LogP contribution in [0.25, 0.3) is 0 Å². The zero-order chi connectivity index (χ0) is 62.1. The van der Waals surface area contributed by atoms with Crippen LogP contribution in [0.4, 0.5) is 0 Å². The fourth-order valence-corrected chi connectivity index (χ4v) is 15.2. The van der Waals surface area contributed by atoms with Crippen molar-refractivity contribution in [1.29, 1.82) is 0 Å². The lowest BCUT2D eigenvalue weighted by molar-refractivity contribution is -0.0230. The number of benzene rings is 4. The molecule has 0 aromatic heterocycles. The van der Waals surface area contributed by atoms with Crippen LogP contribution in [0.15, 0.2) is 90.4 Å². The van der Waals surface area contributed by atoms with Gasteiger partial charge in [-0.15, -0.1) is 17.6 Å². The SMILES string of the molecule is C.CC(Oc1cccc2c1C(N)=NS(=O)(=O)C2)C1CC1.CCCCCCCCCCOc1cccc2c1C(N)=NS(=O)(=O)C2.CCCCCCCOc1cccc2c1C(N)=NS(=O)(=O)C2.CO[C@H]1CCCC[C@@H]1Oc1cccc2c1C(N)=NS(=O)(=O)C2. The normalized spacial score (nSPS) is 19.9. The Morgan fingerprint density at radius 3 is 1.14 bits per heavy atom. The quantitative estimate of drug-likeness (QED) is 0.0502. The molecule has 0 saturated heterocycles. The molecule has 0 radical (unpaired) electrons. The number of amidine groups is 4. The highest BCUT2D eigenvalue weighted by atomic mass is 32.2. The monoisotopic (exact) mass is 1280 g/mol. The molecule has 4 aliphatic heterocycles. The summed E-state index contributed by atoms with van der Waals surface area (Å²) in [4.78, 5) is 0. The molecule has 2 aliphatic carbocycles. The average Bonchev–Trinajstić information content (AvgIpc) is 1.37. The molecule has 21 nitrogen and oxygen atoms in total. The number of sulfonamides is 4. The van der Waals surface area contributed by atoms with Gasteiger partial charge in [0.2, 0.25) is 0 Å². The van der Waals surface area contributed by atoms with Crippen LogP contribution in [0.5, 0.6) is 23.0 Å². The first-order valence-electron chi connectivity index (χ1n) is 30.0. The molecule has 8 N–H and O–H groups in total. The maximum atomic E-state index is 11.7. The van der Waals surface area contributed by atoms with E-state index in [0.717, 1.165) is 51.4 Å². The van der Waals surface area contributed by atoms with Gasteiger partial charge in [0.15, 0.2) is 0 Å². The van der Waals surface area contributed by atoms with Gasteiger partial charge in [-0.2, -0.15) is 0 Å². The number of nitrogens with two attached hydrogens (primary N) is 4. The maximum Gasteiger partial charge on any atom is 0.259 e. The van der Waals surface area contributed by atoms with Gasteiger partial charge in [0.25, 0.3) is 40.1 Å². The molecule has 4 aromatic rings. The van der Waals surface area contributed by atoms with Crippen molar-refractivity contribution in [3.05, 3.63) is 117 Å². The first kappa shape index (κ1) is 69.8. The predicted molar refractivity (Wildman–Crippen MR) is 345 cm³/mol. The largest absolute Gasteiger partial charge is 0.493 e. The van der Waals surface area contributed by atoms with Crippen LogP contribution in [-0.2, 0) is 67.8 Å². The maximum absolute atomic E-state index is 11.7. The van der Waals surface area contributed by atoms with Crippen molar-refractivity contribution in [2.45, 2.75) is 192 Å². The summed E-state index contributed by atoms with van der Waals surface area (Å²) in [6.45, 7) is 7.67. The van der Waals surface area contributed by atoms with E-state index in [1.54, 1.807) is 61.7 Å². The molecular weight excluding hydrogens is 1190 g/mol. The third-order valence-electron chi connectivity index (χ3n) is 15.4. The summed E-state index contributed by atoms with van der Waals surface area (Å²) in [7, 11) is -12.3. The molecule has 1 unspecified atom stereocenters. The lowest BCUT2D eigenvalue weighted by Crippen LogP contribution is -2.37. The number of hydrogen-bond donors (Lipinski definition) is 4. The fraction of sp³-hybridized carbons (Fsp3) is 0.548. The summed E-state index contributed by atoms with van der Waals surface area (Å²) < 4.78 is 136. The summed E-state index contributed by atoms with van der Waals surface area (Å²) in [5, 5.41) is 0. The third kappa shape index (κ3) is 20.6. The Labute approximate surface area is 516 Å². The fourth-order valence-electron chi connectivity index (χ4n) is 10.9. The Bertz CT molecular complexity index is 3570. The number of fused-ring (bicyclic) bond motifs is 4. The summed E-state index contributed by atoms with van der Waals surface area (Å²) in [6.07, 6.45) is 22.4. The lowest BCUT2D eigenvalue weighted by atomic mass is 9.94. The topological polar surface area (TPSA) is 336 Å². The van der Waals surface area contributed by atoms with Gasteiger partial charge in [-0.05, 0) is 104 Å². The second kappa shape index (κ2) is 32.3. The van der Waals surface area contributed by atoms with E-state index in [1.165, 1.54) is 70.6 Å². The van der Waals surface area contributed by atoms with E-state index < -0.39 is 40.1 Å². The molecule has 2 saturated carbocycles. The van der Waals surface area contributed by atoms with Crippen LogP contribution in [0.3, 0.4) is 0 Å². The standard InChI is InChI=1S/C18H28N2O3S.C15H20N2O4S.C15H22N2O3S.C13H16N2O3S.CH4/c1-2-3-4-5-6-7-8-9-13-23-16-12-10-11-15-14-24(21,22)20-18(19)17(15)16;1-20-11-6-2-3-7-12(11)21-13-8-4-5-10-9-22(18,19)17-15(16)14(10)13;1-2-3-4-5-6-10-20-13-9-7-8-12-11-21(18,19)17-15(16)14(12)13;1-8(9-5-6-9)18-11-4-2-3-10-7-19(16,17)15-13(14)12(10)11;/h10-12H,2-9,13-14H2,1H3,(H2,19,20);4-5,8,11-12H,2-3,6-7,9H2,1H3,(H2,16,17);7-9H,2-6,10-11H2,1H3,(H2,16,17);2-4,8-9H,5-7H2,1H3,(H2,14,15);1H4/t;11-,12-;;;/m.0.../s1. The van der Waals surface area contributed by atoms with Crippen molar-refractivity contribution in [3.63, 3.8) is 0 Å². The van der Waals surface area contributed by atoms with E-state index in [-0.39, 0.29) is 72.1 Å². The second-order valence-corrected chi connectivity index (χ2v) is 29.0. The Kier molecular flexibility index (Phi) is 25.9. The van der Waals surface area contributed by atoms with Crippen molar-refractivity contribution < 1.29 is 57.4 Å². The van der Waals surface area contributed by atoms with Crippen LogP contribution >= 0.6 is 0 Å². The summed E-state index contributed by atoms with van der Waals surface area (Å²) in [5.74, 6) is 2.68. The van der Waals surface area contributed by atoms with Crippen LogP contribution in [0, 0.1) is 5.92 Å². The molecule has 0 bridgehead atoms. The van der Waals surface area contributed by atoms with Gasteiger partial charge >= 0.3 is 0 Å². The number of rotatable bonds is 23. The van der Waals surface area contributed by atoms with Gasteiger partial charge in [0.05, 0.1) is 70.7 Å². The molecule has 3 atom stereocenters. The number of hydrogen-bond acceptors (Lipinski definition) is 17. The molecule has 0 spiro atoms.